The van der Waals surface area contributed by atoms with E-state index in [0.717, 1.165) is 74.1 Å². The molecule has 0 amide bonds. The fraction of sp³-hybridized carbons (Fsp3) is 0.459. The molecule has 0 aliphatic heterocycles. The summed E-state index contributed by atoms with van der Waals surface area (Å²) >= 11 is 0. The molecule has 11 heteroatoms. The molecule has 0 spiro atoms. The van der Waals surface area contributed by atoms with Gasteiger partial charge in [0.2, 0.25) is 0 Å². The molecule has 3 aromatic rings. The second-order valence-corrected chi connectivity index (χ2v) is 12.9. The summed E-state index contributed by atoms with van der Waals surface area (Å²) in [5.41, 5.74) is -0.810. The van der Waals surface area contributed by atoms with Gasteiger partial charge in [0.1, 0.15) is 22.9 Å². The van der Waals surface area contributed by atoms with Crippen LogP contribution in [-0.4, -0.2) is 6.11 Å². The predicted octanol–water partition coefficient (Wildman–Crippen LogP) is 12.5. The van der Waals surface area contributed by atoms with Gasteiger partial charge in [0.05, 0.1) is 6.08 Å². The Bertz CT molecular complexity index is 1550. The fourth-order valence-electron chi connectivity index (χ4n) is 7.37. The van der Waals surface area contributed by atoms with E-state index < -0.39 is 58.9 Å². The van der Waals surface area contributed by atoms with Gasteiger partial charge in [-0.05, 0) is 115 Å². The quantitative estimate of drug-likeness (QED) is 0.187. The molecule has 0 saturated heterocycles. The summed E-state index contributed by atoms with van der Waals surface area (Å²) in [7, 11) is 0. The lowest BCUT2D eigenvalue weighted by Crippen LogP contribution is -2.26. The number of rotatable bonds is 11. The maximum absolute atomic E-state index is 15.1. The lowest BCUT2D eigenvalue weighted by Gasteiger charge is -2.38. The van der Waals surface area contributed by atoms with E-state index in [2.05, 4.69) is 11.7 Å². The second kappa shape index (κ2) is 14.9. The van der Waals surface area contributed by atoms with Crippen LogP contribution in [0.15, 0.2) is 66.8 Å². The van der Waals surface area contributed by atoms with Gasteiger partial charge in [-0.3, -0.25) is 0 Å². The first-order valence-electron chi connectivity index (χ1n) is 16.3. The summed E-state index contributed by atoms with van der Waals surface area (Å²) in [5.74, 6) is -3.58. The Balaban J connectivity index is 1.21. The highest BCUT2D eigenvalue weighted by atomic mass is 19.3. The molecular formula is C37H37F9O2. The van der Waals surface area contributed by atoms with E-state index in [4.69, 9.17) is 4.74 Å². The van der Waals surface area contributed by atoms with Gasteiger partial charge < -0.3 is 9.47 Å². The van der Waals surface area contributed by atoms with Gasteiger partial charge in [-0.15, -0.1) is 0 Å². The number of ether oxygens (including phenoxy) is 2. The van der Waals surface area contributed by atoms with Crippen LogP contribution in [-0.2, 0) is 6.11 Å². The zero-order valence-corrected chi connectivity index (χ0v) is 26.4. The minimum absolute atomic E-state index is 0.106. The third-order valence-corrected chi connectivity index (χ3v) is 9.74. The van der Waals surface area contributed by atoms with E-state index >= 15 is 17.6 Å². The number of alkyl halides is 4. The fourth-order valence-corrected chi connectivity index (χ4v) is 7.37. The zero-order chi connectivity index (χ0) is 34.6. The van der Waals surface area contributed by atoms with Gasteiger partial charge in [0.25, 0.3) is 6.08 Å². The minimum atomic E-state index is -4.46. The molecule has 2 aliphatic carbocycles. The molecule has 0 aromatic heterocycles. The molecule has 3 aromatic carbocycles. The van der Waals surface area contributed by atoms with Crippen LogP contribution in [0.5, 0.6) is 11.5 Å². The van der Waals surface area contributed by atoms with Crippen molar-refractivity contribution in [3.05, 3.63) is 95.3 Å². The van der Waals surface area contributed by atoms with Crippen molar-refractivity contribution in [3.8, 4) is 22.6 Å². The summed E-state index contributed by atoms with van der Waals surface area (Å²) < 4.78 is 135. The van der Waals surface area contributed by atoms with Crippen LogP contribution in [0.2, 0.25) is 0 Å². The molecule has 2 nitrogen and oxygen atoms in total. The zero-order valence-electron chi connectivity index (χ0n) is 26.4. The van der Waals surface area contributed by atoms with Gasteiger partial charge >= 0.3 is 12.2 Å². The number of hydrogen-bond donors (Lipinski definition) is 0. The van der Waals surface area contributed by atoms with Gasteiger partial charge in [-0.25, -0.2) is 13.2 Å². The monoisotopic (exact) mass is 684 g/mol. The SMILES string of the molecule is CCCC1CCC(C2CCC(c3cc(F)c(C(F)(F)Oc4ccc(-c5ccc(OC(F)(F)C=C(F)F)c(F)c5)cc4)c(F)c3)CC2)CC1. The Morgan fingerprint density at radius 2 is 1.27 bits per heavy atom. The minimum Gasteiger partial charge on any atom is -0.429 e. The molecule has 2 aliphatic rings. The van der Waals surface area contributed by atoms with Crippen LogP contribution in [0, 0.1) is 35.2 Å². The molecule has 0 atom stereocenters. The Morgan fingerprint density at radius 3 is 1.81 bits per heavy atom. The van der Waals surface area contributed by atoms with Crippen LogP contribution in [0.1, 0.15) is 88.2 Å². The molecule has 48 heavy (non-hydrogen) atoms. The Hall–Kier alpha value is -3.63. The normalized spacial score (nSPS) is 21.9. The summed E-state index contributed by atoms with van der Waals surface area (Å²) in [6.07, 6.45) is -1.44. The molecule has 0 radical (unpaired) electrons. The van der Waals surface area contributed by atoms with Crippen LogP contribution in [0.3, 0.4) is 0 Å². The largest absolute Gasteiger partial charge is 0.432 e. The van der Waals surface area contributed by atoms with Gasteiger partial charge in [0, 0.05) is 0 Å². The summed E-state index contributed by atoms with van der Waals surface area (Å²) in [6.45, 7) is 2.22. The molecule has 0 bridgehead atoms. The Kier molecular flexibility index (Phi) is 11.0. The van der Waals surface area contributed by atoms with Crippen molar-refractivity contribution in [2.45, 2.75) is 89.3 Å². The first kappa shape index (κ1) is 35.7. The number of hydrogen-bond acceptors (Lipinski definition) is 2. The maximum atomic E-state index is 15.1. The third kappa shape index (κ3) is 8.69. The number of benzene rings is 3. The topological polar surface area (TPSA) is 18.5 Å². The first-order chi connectivity index (χ1) is 22.7. The van der Waals surface area contributed by atoms with Crippen molar-refractivity contribution in [3.63, 3.8) is 0 Å². The summed E-state index contributed by atoms with van der Waals surface area (Å²) in [5, 5.41) is 0. The van der Waals surface area contributed by atoms with Gasteiger partial charge in [-0.2, -0.15) is 26.3 Å². The van der Waals surface area contributed by atoms with Crippen molar-refractivity contribution in [2.75, 3.05) is 0 Å². The van der Waals surface area contributed by atoms with E-state index in [1.807, 2.05) is 0 Å². The third-order valence-electron chi connectivity index (χ3n) is 9.74. The predicted molar refractivity (Wildman–Crippen MR) is 164 cm³/mol. The molecule has 2 saturated carbocycles. The van der Waals surface area contributed by atoms with E-state index in [9.17, 15) is 22.0 Å². The molecule has 0 unspecified atom stereocenters. The lowest BCUT2D eigenvalue weighted by molar-refractivity contribution is -0.189. The maximum Gasteiger partial charge on any atom is 0.432 e. The van der Waals surface area contributed by atoms with Crippen molar-refractivity contribution < 1.29 is 49.0 Å². The van der Waals surface area contributed by atoms with Crippen LogP contribution in [0.25, 0.3) is 11.1 Å². The van der Waals surface area contributed by atoms with Crippen LogP contribution < -0.4 is 9.47 Å². The Labute approximate surface area is 273 Å². The van der Waals surface area contributed by atoms with Crippen molar-refractivity contribution in [1.29, 1.82) is 0 Å². The highest BCUT2D eigenvalue weighted by molar-refractivity contribution is 5.65. The summed E-state index contributed by atoms with van der Waals surface area (Å²) in [4.78, 5) is 0. The van der Waals surface area contributed by atoms with E-state index in [1.54, 1.807) is 0 Å². The highest BCUT2D eigenvalue weighted by Crippen LogP contribution is 2.45. The second-order valence-electron chi connectivity index (χ2n) is 12.9. The standard InChI is InChI=1S/C37H37F9O2/c1-2-3-22-4-6-23(7-5-22)24-8-10-26(11-9-24)28-19-31(39)35(32(40)20-28)37(45,46)47-29-15-12-25(13-16-29)27-14-17-33(30(38)18-27)48-36(43,44)21-34(41)42/h12-24,26H,2-11H2,1H3. The van der Waals surface area contributed by atoms with Gasteiger partial charge in [0.15, 0.2) is 11.6 Å². The molecule has 5 rings (SSSR count). The van der Waals surface area contributed by atoms with E-state index in [0.29, 0.717) is 17.4 Å². The van der Waals surface area contributed by atoms with Crippen LogP contribution in [0.4, 0.5) is 39.5 Å². The average molecular weight is 685 g/mol. The molecular weight excluding hydrogens is 647 g/mol. The van der Waals surface area contributed by atoms with Crippen molar-refractivity contribution in [1.82, 2.24) is 0 Å². The molecule has 2 fully saturated rings. The number of halogens is 9. The first-order valence-corrected chi connectivity index (χ1v) is 16.3. The highest BCUT2D eigenvalue weighted by Gasteiger charge is 2.42. The van der Waals surface area contributed by atoms with Crippen molar-refractivity contribution >= 4 is 0 Å². The summed E-state index contributed by atoms with van der Waals surface area (Å²) in [6, 6.07) is 9.26. The smallest absolute Gasteiger partial charge is 0.429 e. The van der Waals surface area contributed by atoms with Crippen molar-refractivity contribution in [2.24, 2.45) is 17.8 Å². The van der Waals surface area contributed by atoms with Crippen LogP contribution >= 0.6 is 0 Å². The molecule has 0 N–H and O–H groups in total. The average Bonchev–Trinajstić information content (AvgIpc) is 3.02. The Morgan fingerprint density at radius 1 is 0.708 bits per heavy atom. The molecule has 260 valence electrons. The van der Waals surface area contributed by atoms with E-state index in [-0.39, 0.29) is 17.0 Å². The van der Waals surface area contributed by atoms with Gasteiger partial charge in [-0.1, -0.05) is 50.8 Å². The lowest BCUT2D eigenvalue weighted by atomic mass is 9.68. The molecule has 0 heterocycles. The van der Waals surface area contributed by atoms with E-state index in [1.165, 1.54) is 50.7 Å².